The van der Waals surface area contributed by atoms with E-state index in [1.54, 1.807) is 0 Å². The molecule has 2 fully saturated rings. The minimum Gasteiger partial charge on any atom is -0.368 e. The number of rotatable bonds is 5. The van der Waals surface area contributed by atoms with Gasteiger partial charge in [0.15, 0.2) is 0 Å². The van der Waals surface area contributed by atoms with Crippen molar-refractivity contribution in [1.29, 1.82) is 0 Å². The van der Waals surface area contributed by atoms with Crippen molar-refractivity contribution in [2.24, 2.45) is 0 Å². The summed E-state index contributed by atoms with van der Waals surface area (Å²) in [5, 5.41) is 2.93. The highest BCUT2D eigenvalue weighted by Crippen LogP contribution is 2.15. The van der Waals surface area contributed by atoms with Crippen LogP contribution < -0.4 is 5.32 Å². The minimum absolute atomic E-state index is 0.0256. The van der Waals surface area contributed by atoms with Gasteiger partial charge in [-0.15, -0.1) is 0 Å². The highest BCUT2D eigenvalue weighted by Gasteiger charge is 2.31. The van der Waals surface area contributed by atoms with Crippen molar-refractivity contribution in [3.63, 3.8) is 0 Å². The highest BCUT2D eigenvalue weighted by atomic mass is 16.5. The predicted octanol–water partition coefficient (Wildman–Crippen LogP) is 1.52. The van der Waals surface area contributed by atoms with Gasteiger partial charge in [0, 0.05) is 26.1 Å². The Morgan fingerprint density at radius 3 is 2.57 bits per heavy atom. The van der Waals surface area contributed by atoms with Crippen LogP contribution in [0.15, 0.2) is 30.3 Å². The van der Waals surface area contributed by atoms with Gasteiger partial charge in [0.25, 0.3) is 0 Å². The van der Waals surface area contributed by atoms with Crippen molar-refractivity contribution in [1.82, 2.24) is 10.2 Å². The molecule has 0 aliphatic carbocycles. The molecule has 0 saturated carbocycles. The maximum atomic E-state index is 12.8. The largest absolute Gasteiger partial charge is 0.368 e. The topological polar surface area (TPSA) is 58.6 Å². The fourth-order valence-corrected chi connectivity index (χ4v) is 3.26. The molecule has 0 aromatic heterocycles. The smallest absolute Gasteiger partial charge is 0.249 e. The molecule has 2 aliphatic rings. The number of likely N-dealkylation sites (tertiary alicyclic amines) is 1. The summed E-state index contributed by atoms with van der Waals surface area (Å²) in [5.74, 6) is -0.131. The van der Waals surface area contributed by atoms with E-state index in [1.165, 1.54) is 0 Å². The third-order valence-corrected chi connectivity index (χ3v) is 4.54. The molecular formula is C18H24N2O3. The third-order valence-electron chi connectivity index (χ3n) is 4.54. The first-order chi connectivity index (χ1) is 11.2. The van der Waals surface area contributed by atoms with E-state index in [4.69, 9.17) is 4.74 Å². The van der Waals surface area contributed by atoms with Gasteiger partial charge in [-0.2, -0.15) is 0 Å². The maximum Gasteiger partial charge on any atom is 0.249 e. The summed E-state index contributed by atoms with van der Waals surface area (Å²) in [6.45, 7) is 2.21. The first kappa shape index (κ1) is 16.0. The molecule has 1 N–H and O–H groups in total. The first-order valence-electron chi connectivity index (χ1n) is 8.49. The molecule has 2 heterocycles. The average Bonchev–Trinajstić information content (AvgIpc) is 3.27. The highest BCUT2D eigenvalue weighted by molar-refractivity contribution is 5.89. The summed E-state index contributed by atoms with van der Waals surface area (Å²) in [5.41, 5.74) is 1.05. The summed E-state index contributed by atoms with van der Waals surface area (Å²) in [6, 6.07) is 9.33. The second-order valence-corrected chi connectivity index (χ2v) is 6.28. The van der Waals surface area contributed by atoms with Gasteiger partial charge in [-0.05, 0) is 31.2 Å². The van der Waals surface area contributed by atoms with Crippen LogP contribution in [-0.2, 0) is 20.7 Å². The molecule has 5 nitrogen and oxygen atoms in total. The quantitative estimate of drug-likeness (QED) is 0.896. The van der Waals surface area contributed by atoms with Crippen molar-refractivity contribution in [3.05, 3.63) is 35.9 Å². The number of ether oxygens (including phenoxy) is 1. The van der Waals surface area contributed by atoms with E-state index in [1.807, 2.05) is 35.2 Å². The van der Waals surface area contributed by atoms with Crippen molar-refractivity contribution >= 4 is 11.8 Å². The zero-order valence-electron chi connectivity index (χ0n) is 13.4. The molecule has 5 heteroatoms. The Labute approximate surface area is 137 Å². The third kappa shape index (κ3) is 4.10. The van der Waals surface area contributed by atoms with Crippen LogP contribution in [0.25, 0.3) is 0 Å². The molecule has 124 valence electrons. The van der Waals surface area contributed by atoms with Crippen LogP contribution in [0.2, 0.25) is 0 Å². The van der Waals surface area contributed by atoms with E-state index in [0.717, 1.165) is 44.3 Å². The molecule has 0 radical (unpaired) electrons. The fourth-order valence-electron chi connectivity index (χ4n) is 3.26. The lowest BCUT2D eigenvalue weighted by molar-refractivity contribution is -0.138. The summed E-state index contributed by atoms with van der Waals surface area (Å²) >= 11 is 0. The first-order valence-corrected chi connectivity index (χ1v) is 8.49. The lowest BCUT2D eigenvalue weighted by Gasteiger charge is -2.25. The lowest BCUT2D eigenvalue weighted by atomic mass is 10.0. The second kappa shape index (κ2) is 7.59. The molecule has 0 spiro atoms. The van der Waals surface area contributed by atoms with Gasteiger partial charge in [-0.1, -0.05) is 30.3 Å². The molecule has 1 aromatic carbocycles. The number of hydrogen-bond acceptors (Lipinski definition) is 3. The van der Waals surface area contributed by atoms with Gasteiger partial charge in [0.1, 0.15) is 12.1 Å². The average molecular weight is 316 g/mol. The lowest BCUT2D eigenvalue weighted by Crippen LogP contribution is -2.51. The maximum absolute atomic E-state index is 12.8. The van der Waals surface area contributed by atoms with Gasteiger partial charge in [-0.25, -0.2) is 0 Å². The van der Waals surface area contributed by atoms with E-state index in [0.29, 0.717) is 13.0 Å². The van der Waals surface area contributed by atoms with Crippen molar-refractivity contribution in [2.75, 3.05) is 19.7 Å². The minimum atomic E-state index is -0.507. The Morgan fingerprint density at radius 1 is 1.17 bits per heavy atom. The zero-order valence-corrected chi connectivity index (χ0v) is 13.4. The van der Waals surface area contributed by atoms with Crippen LogP contribution >= 0.6 is 0 Å². The van der Waals surface area contributed by atoms with Gasteiger partial charge in [-0.3, -0.25) is 9.59 Å². The van der Waals surface area contributed by atoms with Crippen LogP contribution in [0, 0.1) is 0 Å². The number of hydrogen-bond donors (Lipinski definition) is 1. The molecule has 0 bridgehead atoms. The monoisotopic (exact) mass is 316 g/mol. The van der Waals surface area contributed by atoms with Gasteiger partial charge < -0.3 is 15.0 Å². The summed E-state index contributed by atoms with van der Waals surface area (Å²) < 4.78 is 5.43. The van der Waals surface area contributed by atoms with Gasteiger partial charge in [0.05, 0.1) is 0 Å². The molecular weight excluding hydrogens is 292 g/mol. The summed E-state index contributed by atoms with van der Waals surface area (Å²) in [4.78, 5) is 27.0. The number of nitrogens with one attached hydrogen (secondary N) is 1. The molecule has 1 aromatic rings. The second-order valence-electron chi connectivity index (χ2n) is 6.28. The molecule has 2 saturated heterocycles. The zero-order chi connectivity index (χ0) is 16.1. The standard InChI is InChI=1S/C18H24N2O3/c21-17(16-9-6-12-23-16)19-15(13-14-7-2-1-3-8-14)18(22)20-10-4-5-11-20/h1-3,7-8,15-16H,4-6,9-13H2,(H,19,21)/t15-,16?/m0/s1. The molecule has 2 atom stereocenters. The van der Waals surface area contributed by atoms with Gasteiger partial charge >= 0.3 is 0 Å². The number of nitrogens with zero attached hydrogens (tertiary/aromatic N) is 1. The number of amides is 2. The Kier molecular flexibility index (Phi) is 5.28. The Bertz CT molecular complexity index is 534. The van der Waals surface area contributed by atoms with E-state index in [2.05, 4.69) is 5.32 Å². The molecule has 1 unspecified atom stereocenters. The fraction of sp³-hybridized carbons (Fsp3) is 0.556. The SMILES string of the molecule is O=C(N[C@@H](Cc1ccccc1)C(=O)N1CCCC1)C1CCCO1. The van der Waals surface area contributed by atoms with Crippen LogP contribution in [0.1, 0.15) is 31.2 Å². The predicted molar refractivity (Wildman–Crippen MR) is 86.9 cm³/mol. The van der Waals surface area contributed by atoms with Crippen molar-refractivity contribution < 1.29 is 14.3 Å². The summed E-state index contributed by atoms with van der Waals surface area (Å²) in [6.07, 6.45) is 3.85. The number of carbonyl (C=O) groups excluding carboxylic acids is 2. The Morgan fingerprint density at radius 2 is 1.91 bits per heavy atom. The van der Waals surface area contributed by atoms with E-state index in [9.17, 15) is 9.59 Å². The number of carbonyl (C=O) groups is 2. The number of benzene rings is 1. The summed E-state index contributed by atoms with van der Waals surface area (Å²) in [7, 11) is 0. The van der Waals surface area contributed by atoms with Crippen LogP contribution in [-0.4, -0.2) is 48.6 Å². The molecule has 2 aliphatic heterocycles. The van der Waals surface area contributed by atoms with Crippen LogP contribution in [0.5, 0.6) is 0 Å². The normalized spacial score (nSPS) is 22.1. The van der Waals surface area contributed by atoms with E-state index < -0.39 is 12.1 Å². The van der Waals surface area contributed by atoms with Gasteiger partial charge in [0.2, 0.25) is 11.8 Å². The molecule has 2 amide bonds. The Balaban J connectivity index is 1.69. The van der Waals surface area contributed by atoms with E-state index in [-0.39, 0.29) is 11.8 Å². The van der Waals surface area contributed by atoms with E-state index >= 15 is 0 Å². The van der Waals surface area contributed by atoms with Crippen LogP contribution in [0.3, 0.4) is 0 Å². The Hall–Kier alpha value is -1.88. The van der Waals surface area contributed by atoms with Crippen molar-refractivity contribution in [2.45, 2.75) is 44.2 Å². The van der Waals surface area contributed by atoms with Crippen LogP contribution in [0.4, 0.5) is 0 Å². The molecule has 3 rings (SSSR count). The van der Waals surface area contributed by atoms with Crippen molar-refractivity contribution in [3.8, 4) is 0 Å². The molecule has 23 heavy (non-hydrogen) atoms.